The smallest absolute Gasteiger partial charge is 0.190 e. The largest absolute Gasteiger partial charge is 0.380 e. The predicted molar refractivity (Wildman–Crippen MR) is 73.7 cm³/mol. The van der Waals surface area contributed by atoms with Crippen molar-refractivity contribution in [1.82, 2.24) is 0 Å². The number of anilines is 1. The Morgan fingerprint density at radius 2 is 1.67 bits per heavy atom. The Morgan fingerprint density at radius 3 is 2.50 bits per heavy atom. The Kier molecular flexibility index (Phi) is 2.69. The highest BCUT2D eigenvalue weighted by molar-refractivity contribution is 6.12. The second-order valence-corrected chi connectivity index (χ2v) is 4.31. The fraction of sp³-hybridized carbons (Fsp3) is 0.0625. The van der Waals surface area contributed by atoms with E-state index in [2.05, 4.69) is 5.32 Å². The van der Waals surface area contributed by atoms with Crippen LogP contribution in [0.4, 0.5) is 5.69 Å². The topological polar surface area (TPSA) is 29.1 Å². The maximum Gasteiger partial charge on any atom is 0.190 e. The number of hydrogen-bond acceptors (Lipinski definition) is 2. The first-order chi connectivity index (χ1) is 8.84. The minimum absolute atomic E-state index is 0.0950. The van der Waals surface area contributed by atoms with E-state index < -0.39 is 0 Å². The molecule has 0 saturated carbocycles. The number of nitrogens with one attached hydrogen (secondary N) is 1. The Morgan fingerprint density at radius 1 is 0.944 bits per heavy atom. The van der Waals surface area contributed by atoms with Crippen molar-refractivity contribution in [3.05, 3.63) is 71.3 Å². The van der Waals surface area contributed by atoms with Gasteiger partial charge in [0.1, 0.15) is 0 Å². The molecule has 0 saturated heterocycles. The third-order valence-corrected chi connectivity index (χ3v) is 3.09. The second kappa shape index (κ2) is 4.49. The Labute approximate surface area is 106 Å². The van der Waals surface area contributed by atoms with E-state index in [0.29, 0.717) is 6.54 Å². The molecule has 0 radical (unpaired) electrons. The maximum atomic E-state index is 12.3. The van der Waals surface area contributed by atoms with Crippen molar-refractivity contribution in [3.63, 3.8) is 0 Å². The zero-order valence-electron chi connectivity index (χ0n) is 9.89. The van der Waals surface area contributed by atoms with Crippen molar-refractivity contribution in [2.24, 2.45) is 0 Å². The van der Waals surface area contributed by atoms with E-state index >= 15 is 0 Å². The molecule has 1 aliphatic rings. The summed E-state index contributed by atoms with van der Waals surface area (Å²) >= 11 is 0. The van der Waals surface area contributed by atoms with Gasteiger partial charge in [-0.2, -0.15) is 0 Å². The van der Waals surface area contributed by atoms with Gasteiger partial charge in [-0.1, -0.05) is 48.5 Å². The SMILES string of the molecule is O=C(C1=Cc2ccccc2NC1)c1ccccc1. The standard InChI is InChI=1S/C16H13NO/c18-16(12-6-2-1-3-7-12)14-10-13-8-4-5-9-15(13)17-11-14/h1-10,17H,11H2. The molecular formula is C16H13NO. The first kappa shape index (κ1) is 10.8. The van der Waals surface area contributed by atoms with Crippen molar-refractivity contribution < 1.29 is 4.79 Å². The third kappa shape index (κ3) is 1.93. The van der Waals surface area contributed by atoms with E-state index in [1.807, 2.05) is 60.7 Å². The molecule has 0 fully saturated rings. The first-order valence-electron chi connectivity index (χ1n) is 5.98. The van der Waals surface area contributed by atoms with Crippen LogP contribution in [-0.2, 0) is 0 Å². The molecule has 1 aliphatic heterocycles. The fourth-order valence-electron chi connectivity index (χ4n) is 2.13. The normalized spacial score (nSPS) is 13.2. The zero-order valence-corrected chi connectivity index (χ0v) is 9.89. The van der Waals surface area contributed by atoms with Crippen LogP contribution in [0, 0.1) is 0 Å². The molecule has 18 heavy (non-hydrogen) atoms. The number of para-hydroxylation sites is 1. The Bertz CT molecular complexity index is 614. The summed E-state index contributed by atoms with van der Waals surface area (Å²) in [4.78, 5) is 12.3. The fourth-order valence-corrected chi connectivity index (χ4v) is 2.13. The minimum atomic E-state index is 0.0950. The van der Waals surface area contributed by atoms with Gasteiger partial charge in [0.2, 0.25) is 0 Å². The lowest BCUT2D eigenvalue weighted by Gasteiger charge is -2.17. The molecule has 1 heterocycles. The summed E-state index contributed by atoms with van der Waals surface area (Å²) in [6.45, 7) is 0.588. The monoisotopic (exact) mass is 235 g/mol. The lowest BCUT2D eigenvalue weighted by Crippen LogP contribution is -2.17. The number of carbonyl (C=O) groups is 1. The van der Waals surface area contributed by atoms with Gasteiger partial charge in [0.25, 0.3) is 0 Å². The number of carbonyl (C=O) groups excluding carboxylic acids is 1. The van der Waals surface area contributed by atoms with E-state index in [9.17, 15) is 4.79 Å². The Hall–Kier alpha value is -2.35. The van der Waals surface area contributed by atoms with Crippen molar-refractivity contribution in [1.29, 1.82) is 0 Å². The highest BCUT2D eigenvalue weighted by atomic mass is 16.1. The first-order valence-corrected chi connectivity index (χ1v) is 5.98. The van der Waals surface area contributed by atoms with Gasteiger partial charge in [-0.25, -0.2) is 0 Å². The van der Waals surface area contributed by atoms with Crippen LogP contribution in [0.15, 0.2) is 60.2 Å². The number of benzene rings is 2. The Balaban J connectivity index is 1.96. The molecule has 2 aromatic rings. The molecule has 1 N–H and O–H groups in total. The number of ketones is 1. The van der Waals surface area contributed by atoms with E-state index in [1.165, 1.54) is 0 Å². The molecule has 88 valence electrons. The molecule has 2 aromatic carbocycles. The van der Waals surface area contributed by atoms with Crippen LogP contribution in [0.5, 0.6) is 0 Å². The zero-order chi connectivity index (χ0) is 12.4. The molecule has 0 aliphatic carbocycles. The molecule has 0 aromatic heterocycles. The van der Waals surface area contributed by atoms with E-state index in [4.69, 9.17) is 0 Å². The van der Waals surface area contributed by atoms with Gasteiger partial charge in [0.15, 0.2) is 5.78 Å². The third-order valence-electron chi connectivity index (χ3n) is 3.09. The second-order valence-electron chi connectivity index (χ2n) is 4.31. The van der Waals surface area contributed by atoms with E-state index in [0.717, 1.165) is 22.4 Å². The molecule has 2 heteroatoms. The van der Waals surface area contributed by atoms with E-state index in [-0.39, 0.29) is 5.78 Å². The lowest BCUT2D eigenvalue weighted by atomic mass is 9.97. The van der Waals surface area contributed by atoms with Gasteiger partial charge in [0.05, 0.1) is 0 Å². The number of hydrogen-bond donors (Lipinski definition) is 1. The molecule has 3 rings (SSSR count). The van der Waals surface area contributed by atoms with Gasteiger partial charge in [-0.3, -0.25) is 4.79 Å². The van der Waals surface area contributed by atoms with Crippen LogP contribution in [0.25, 0.3) is 6.08 Å². The summed E-state index contributed by atoms with van der Waals surface area (Å²) in [5.41, 5.74) is 3.70. The quantitative estimate of drug-likeness (QED) is 0.808. The van der Waals surface area contributed by atoms with Crippen LogP contribution in [-0.4, -0.2) is 12.3 Å². The lowest BCUT2D eigenvalue weighted by molar-refractivity contribution is 0.103. The predicted octanol–water partition coefficient (Wildman–Crippen LogP) is 3.38. The molecule has 0 spiro atoms. The number of Topliss-reactive ketones (excluding diaryl/α,β-unsaturated/α-hetero) is 1. The van der Waals surface area contributed by atoms with Gasteiger partial charge in [-0.15, -0.1) is 0 Å². The van der Waals surface area contributed by atoms with Crippen LogP contribution in [0.3, 0.4) is 0 Å². The van der Waals surface area contributed by atoms with Gasteiger partial charge >= 0.3 is 0 Å². The van der Waals surface area contributed by atoms with Gasteiger partial charge in [0, 0.05) is 23.4 Å². The number of fused-ring (bicyclic) bond motifs is 1. The van der Waals surface area contributed by atoms with Gasteiger partial charge in [-0.05, 0) is 17.7 Å². The van der Waals surface area contributed by atoms with Crippen LogP contribution in [0.1, 0.15) is 15.9 Å². The van der Waals surface area contributed by atoms with Crippen LogP contribution in [0.2, 0.25) is 0 Å². The summed E-state index contributed by atoms with van der Waals surface area (Å²) in [6.07, 6.45) is 1.97. The summed E-state index contributed by atoms with van der Waals surface area (Å²) in [7, 11) is 0. The van der Waals surface area contributed by atoms with Gasteiger partial charge < -0.3 is 5.32 Å². The molecule has 0 bridgehead atoms. The van der Waals surface area contributed by atoms with Crippen molar-refractivity contribution in [2.45, 2.75) is 0 Å². The minimum Gasteiger partial charge on any atom is -0.380 e. The summed E-state index contributed by atoms with van der Waals surface area (Å²) in [5, 5.41) is 3.27. The van der Waals surface area contributed by atoms with Crippen LogP contribution < -0.4 is 5.32 Å². The van der Waals surface area contributed by atoms with E-state index in [1.54, 1.807) is 0 Å². The molecular weight excluding hydrogens is 222 g/mol. The highest BCUT2D eigenvalue weighted by Crippen LogP contribution is 2.24. The average molecular weight is 235 g/mol. The highest BCUT2D eigenvalue weighted by Gasteiger charge is 2.16. The van der Waals surface area contributed by atoms with Crippen LogP contribution >= 0.6 is 0 Å². The summed E-state index contributed by atoms with van der Waals surface area (Å²) in [5.74, 6) is 0.0950. The number of rotatable bonds is 2. The van der Waals surface area contributed by atoms with Crippen molar-refractivity contribution in [3.8, 4) is 0 Å². The molecule has 0 atom stereocenters. The molecule has 2 nitrogen and oxygen atoms in total. The van der Waals surface area contributed by atoms with Crippen molar-refractivity contribution in [2.75, 3.05) is 11.9 Å². The molecule has 0 amide bonds. The summed E-state index contributed by atoms with van der Waals surface area (Å²) < 4.78 is 0. The maximum absolute atomic E-state index is 12.3. The molecule has 0 unspecified atom stereocenters. The summed E-state index contributed by atoms with van der Waals surface area (Å²) in [6, 6.07) is 17.4. The average Bonchev–Trinajstić information content (AvgIpc) is 2.47. The van der Waals surface area contributed by atoms with Crippen molar-refractivity contribution >= 4 is 17.5 Å².